The minimum atomic E-state index is 0.483. The molecule has 0 amide bonds. The van der Waals surface area contributed by atoms with Crippen molar-refractivity contribution in [2.75, 3.05) is 0 Å². The molecule has 240 valence electrons. The van der Waals surface area contributed by atoms with E-state index in [0.717, 1.165) is 72.8 Å². The van der Waals surface area contributed by atoms with Crippen molar-refractivity contribution in [1.82, 2.24) is 19.9 Å². The van der Waals surface area contributed by atoms with E-state index in [-0.39, 0.29) is 0 Å². The van der Waals surface area contributed by atoms with Gasteiger partial charge in [-0.3, -0.25) is 0 Å². The van der Waals surface area contributed by atoms with Crippen molar-refractivity contribution in [2.45, 2.75) is 0 Å². The first-order valence-corrected chi connectivity index (χ1v) is 16.9. The second-order valence-electron chi connectivity index (χ2n) is 12.4. The summed E-state index contributed by atoms with van der Waals surface area (Å²) in [6.45, 7) is 0. The van der Waals surface area contributed by atoms with E-state index in [1.165, 1.54) is 0 Å². The Kier molecular flexibility index (Phi) is 7.76. The highest BCUT2D eigenvalue weighted by atomic mass is 16.3. The van der Waals surface area contributed by atoms with Gasteiger partial charge < -0.3 is 4.42 Å². The molecule has 0 aliphatic heterocycles. The summed E-state index contributed by atoms with van der Waals surface area (Å²) in [5.41, 5.74) is 13.7. The lowest BCUT2D eigenvalue weighted by atomic mass is 9.95. The lowest BCUT2D eigenvalue weighted by Crippen LogP contribution is -1.95. The lowest BCUT2D eigenvalue weighted by molar-refractivity contribution is 0.619. The molecule has 4 aromatic heterocycles. The molecule has 9 rings (SSSR count). The first-order chi connectivity index (χ1) is 25.2. The number of hydrogen-bond acceptors (Lipinski definition) is 5. The van der Waals surface area contributed by atoms with Gasteiger partial charge in [-0.2, -0.15) is 4.98 Å². The van der Waals surface area contributed by atoms with Crippen LogP contribution < -0.4 is 0 Å². The van der Waals surface area contributed by atoms with Crippen LogP contribution in [0, 0.1) is 0 Å². The molecule has 0 aliphatic carbocycles. The SMILES string of the molecule is c1ccc(-c2cc(-c3ccccc3)nc(-c3cc(-c4cc(-c5ccccc5)cc(-c5ccccc5)n4)cc(-c4nc5ncccc5o4)c3)c2)cc1. The minimum absolute atomic E-state index is 0.483. The Hall–Kier alpha value is -6.98. The molecule has 5 heteroatoms. The van der Waals surface area contributed by atoms with Crippen LogP contribution in [0.4, 0.5) is 0 Å². The predicted molar refractivity (Wildman–Crippen MR) is 205 cm³/mol. The van der Waals surface area contributed by atoms with Gasteiger partial charge in [0.15, 0.2) is 11.2 Å². The Morgan fingerprint density at radius 1 is 0.314 bits per heavy atom. The van der Waals surface area contributed by atoms with E-state index < -0.39 is 0 Å². The predicted octanol–water partition coefficient (Wildman–Crippen LogP) is 11.7. The van der Waals surface area contributed by atoms with Gasteiger partial charge in [-0.05, 0) is 76.9 Å². The van der Waals surface area contributed by atoms with Crippen LogP contribution >= 0.6 is 0 Å². The molecule has 51 heavy (non-hydrogen) atoms. The van der Waals surface area contributed by atoms with Crippen LogP contribution in [0.5, 0.6) is 0 Å². The fourth-order valence-electron chi connectivity index (χ4n) is 6.40. The number of oxazole rings is 1. The molecule has 0 saturated carbocycles. The van der Waals surface area contributed by atoms with Crippen LogP contribution in [0.15, 0.2) is 187 Å². The average Bonchev–Trinajstić information content (AvgIpc) is 3.66. The molecule has 0 atom stereocenters. The Morgan fingerprint density at radius 3 is 1.18 bits per heavy atom. The number of aromatic nitrogens is 4. The van der Waals surface area contributed by atoms with Crippen molar-refractivity contribution in [3.8, 4) is 78.7 Å². The summed E-state index contributed by atoms with van der Waals surface area (Å²) in [6.07, 6.45) is 1.73. The first kappa shape index (κ1) is 30.1. The normalized spacial score (nSPS) is 11.1. The summed E-state index contributed by atoms with van der Waals surface area (Å²) >= 11 is 0. The molecule has 0 fully saturated rings. The van der Waals surface area contributed by atoms with Crippen molar-refractivity contribution in [1.29, 1.82) is 0 Å². The van der Waals surface area contributed by atoms with Gasteiger partial charge in [-0.15, -0.1) is 0 Å². The molecular weight excluding hydrogens is 625 g/mol. The van der Waals surface area contributed by atoms with Gasteiger partial charge in [-0.1, -0.05) is 121 Å². The quantitative estimate of drug-likeness (QED) is 0.171. The topological polar surface area (TPSA) is 64.7 Å². The van der Waals surface area contributed by atoms with Gasteiger partial charge in [0.2, 0.25) is 5.89 Å². The molecule has 0 unspecified atom stereocenters. The number of nitrogens with zero attached hydrogens (tertiary/aromatic N) is 4. The Bertz CT molecular complexity index is 2330. The van der Waals surface area contributed by atoms with Gasteiger partial charge in [0.1, 0.15) is 0 Å². The van der Waals surface area contributed by atoms with Crippen molar-refractivity contribution in [3.63, 3.8) is 0 Å². The van der Waals surface area contributed by atoms with Crippen LogP contribution in [0.3, 0.4) is 0 Å². The number of fused-ring (bicyclic) bond motifs is 1. The molecule has 0 aliphatic rings. The Balaban J connectivity index is 1.29. The highest BCUT2D eigenvalue weighted by Crippen LogP contribution is 2.37. The highest BCUT2D eigenvalue weighted by Gasteiger charge is 2.17. The molecule has 0 radical (unpaired) electrons. The Morgan fingerprint density at radius 2 is 0.725 bits per heavy atom. The van der Waals surface area contributed by atoms with Gasteiger partial charge >= 0.3 is 0 Å². The van der Waals surface area contributed by atoms with E-state index >= 15 is 0 Å². The number of rotatable bonds is 7. The maximum atomic E-state index is 6.29. The number of benzene rings is 5. The summed E-state index contributed by atoms with van der Waals surface area (Å²) in [5.74, 6) is 0.483. The van der Waals surface area contributed by atoms with Crippen LogP contribution in [-0.2, 0) is 0 Å². The van der Waals surface area contributed by atoms with E-state index in [1.807, 2.05) is 60.7 Å². The smallest absolute Gasteiger partial charge is 0.228 e. The van der Waals surface area contributed by atoms with Crippen LogP contribution in [0.25, 0.3) is 90.0 Å². The molecule has 5 nitrogen and oxygen atoms in total. The van der Waals surface area contributed by atoms with E-state index in [2.05, 4.69) is 120 Å². The molecule has 0 bridgehead atoms. The molecule has 5 aromatic carbocycles. The summed E-state index contributed by atoms with van der Waals surface area (Å²) < 4.78 is 6.29. The third-order valence-electron chi connectivity index (χ3n) is 8.94. The van der Waals surface area contributed by atoms with Gasteiger partial charge in [0.05, 0.1) is 22.8 Å². The van der Waals surface area contributed by atoms with E-state index in [1.54, 1.807) is 6.20 Å². The molecule has 0 spiro atoms. The van der Waals surface area contributed by atoms with Crippen molar-refractivity contribution in [2.24, 2.45) is 0 Å². The second kappa shape index (κ2) is 13.1. The monoisotopic (exact) mass is 654 g/mol. The Labute approximate surface area is 295 Å². The molecule has 0 N–H and O–H groups in total. The molecule has 9 aromatic rings. The van der Waals surface area contributed by atoms with Crippen molar-refractivity contribution >= 4 is 11.2 Å². The summed E-state index contributed by atoms with van der Waals surface area (Å²) in [5, 5.41) is 0. The van der Waals surface area contributed by atoms with E-state index in [4.69, 9.17) is 19.4 Å². The van der Waals surface area contributed by atoms with Gasteiger partial charge in [0, 0.05) is 34.0 Å². The zero-order valence-electron chi connectivity index (χ0n) is 27.5. The fraction of sp³-hybridized carbons (Fsp3) is 0. The standard InChI is InChI=1S/C46H30N4O/c1-5-14-31(15-6-1)35-27-40(33-18-9-3-10-19-33)48-42(29-35)37-24-38(26-39(25-37)46-50-45-44(51-46)22-13-23-47-45)43-30-36(32-16-7-2-8-17-32)28-41(49-43)34-20-11-4-12-21-34/h1-30H. The van der Waals surface area contributed by atoms with Gasteiger partial charge in [0.25, 0.3) is 0 Å². The minimum Gasteiger partial charge on any atom is -0.434 e. The zero-order chi connectivity index (χ0) is 34.0. The molecule has 0 saturated heterocycles. The van der Waals surface area contributed by atoms with Crippen LogP contribution in [0.2, 0.25) is 0 Å². The molecular formula is C46H30N4O. The number of pyridine rings is 3. The first-order valence-electron chi connectivity index (χ1n) is 16.9. The van der Waals surface area contributed by atoms with E-state index in [9.17, 15) is 0 Å². The summed E-state index contributed by atoms with van der Waals surface area (Å²) in [7, 11) is 0. The largest absolute Gasteiger partial charge is 0.434 e. The highest BCUT2D eigenvalue weighted by molar-refractivity contribution is 5.84. The summed E-state index contributed by atoms with van der Waals surface area (Å²) in [4.78, 5) is 19.8. The third-order valence-corrected chi connectivity index (χ3v) is 8.94. The maximum Gasteiger partial charge on any atom is 0.228 e. The number of hydrogen-bond donors (Lipinski definition) is 0. The fourth-order valence-corrected chi connectivity index (χ4v) is 6.40. The van der Waals surface area contributed by atoms with Crippen LogP contribution in [0.1, 0.15) is 0 Å². The summed E-state index contributed by atoms with van der Waals surface area (Å²) in [6, 6.07) is 60.2. The van der Waals surface area contributed by atoms with Crippen molar-refractivity contribution < 1.29 is 4.42 Å². The van der Waals surface area contributed by atoms with Gasteiger partial charge in [-0.25, -0.2) is 15.0 Å². The maximum absolute atomic E-state index is 6.29. The zero-order valence-corrected chi connectivity index (χ0v) is 27.5. The third kappa shape index (κ3) is 6.20. The lowest BCUT2D eigenvalue weighted by Gasteiger charge is -2.14. The van der Waals surface area contributed by atoms with Crippen LogP contribution in [-0.4, -0.2) is 19.9 Å². The van der Waals surface area contributed by atoms with E-state index in [0.29, 0.717) is 17.1 Å². The van der Waals surface area contributed by atoms with Crippen molar-refractivity contribution in [3.05, 3.63) is 182 Å². The molecule has 4 heterocycles. The average molecular weight is 655 g/mol. The second-order valence-corrected chi connectivity index (χ2v) is 12.4.